The highest BCUT2D eigenvalue weighted by Crippen LogP contribution is 2.29. The summed E-state index contributed by atoms with van der Waals surface area (Å²) in [6.45, 7) is 5.99. The molecular formula is C10H18O. The van der Waals surface area contributed by atoms with Crippen LogP contribution in [0.3, 0.4) is 0 Å². The second-order valence-corrected chi connectivity index (χ2v) is 4.20. The zero-order valence-electron chi connectivity index (χ0n) is 7.67. The van der Waals surface area contributed by atoms with Crippen LogP contribution in [-0.2, 0) is 0 Å². The Labute approximate surface area is 69.1 Å². The standard InChI is InChI=1S/C10H18O/c1-8-4-6-9(7-5-8)10(2,3)11/h4,6,8-9,11H,5,7H2,1-3H3/t8-,9-/m0/s1. The molecule has 2 atom stereocenters. The quantitative estimate of drug-likeness (QED) is 0.575. The Morgan fingerprint density at radius 1 is 1.27 bits per heavy atom. The topological polar surface area (TPSA) is 20.2 Å². The summed E-state index contributed by atoms with van der Waals surface area (Å²) in [6, 6.07) is 0. The molecule has 0 spiro atoms. The van der Waals surface area contributed by atoms with Crippen molar-refractivity contribution >= 4 is 0 Å². The third-order valence-corrected chi connectivity index (χ3v) is 2.51. The van der Waals surface area contributed by atoms with Crippen molar-refractivity contribution in [2.75, 3.05) is 0 Å². The van der Waals surface area contributed by atoms with Crippen LogP contribution < -0.4 is 0 Å². The van der Waals surface area contributed by atoms with Crippen molar-refractivity contribution in [1.82, 2.24) is 0 Å². The average molecular weight is 154 g/mol. The summed E-state index contributed by atoms with van der Waals surface area (Å²) in [5, 5.41) is 9.68. The van der Waals surface area contributed by atoms with Gasteiger partial charge in [0.15, 0.2) is 0 Å². The number of aliphatic hydroxyl groups is 1. The van der Waals surface area contributed by atoms with Gasteiger partial charge in [0.05, 0.1) is 5.60 Å². The average Bonchev–Trinajstić information content (AvgIpc) is 1.86. The number of hydrogen-bond donors (Lipinski definition) is 1. The normalized spacial score (nSPS) is 32.4. The lowest BCUT2D eigenvalue weighted by Crippen LogP contribution is -2.31. The molecule has 0 amide bonds. The van der Waals surface area contributed by atoms with Crippen LogP contribution in [0.1, 0.15) is 33.6 Å². The predicted molar refractivity (Wildman–Crippen MR) is 47.3 cm³/mol. The summed E-state index contributed by atoms with van der Waals surface area (Å²) in [7, 11) is 0. The molecular weight excluding hydrogens is 136 g/mol. The minimum Gasteiger partial charge on any atom is -0.390 e. The molecule has 0 heterocycles. The Balaban J connectivity index is 2.57. The molecule has 0 aromatic rings. The molecule has 0 aliphatic heterocycles. The van der Waals surface area contributed by atoms with Crippen LogP contribution >= 0.6 is 0 Å². The molecule has 1 N–H and O–H groups in total. The molecule has 0 aromatic heterocycles. The minimum absolute atomic E-state index is 0.360. The van der Waals surface area contributed by atoms with Gasteiger partial charge in [-0.25, -0.2) is 0 Å². The summed E-state index contributed by atoms with van der Waals surface area (Å²) >= 11 is 0. The Morgan fingerprint density at radius 3 is 2.27 bits per heavy atom. The van der Waals surface area contributed by atoms with Gasteiger partial charge in [-0.2, -0.15) is 0 Å². The Kier molecular flexibility index (Phi) is 2.38. The number of rotatable bonds is 1. The van der Waals surface area contributed by atoms with Crippen LogP contribution in [0.2, 0.25) is 0 Å². The molecule has 0 saturated heterocycles. The van der Waals surface area contributed by atoms with Gasteiger partial charge < -0.3 is 5.11 Å². The minimum atomic E-state index is -0.531. The monoisotopic (exact) mass is 154 g/mol. The summed E-state index contributed by atoms with van der Waals surface area (Å²) < 4.78 is 0. The molecule has 1 nitrogen and oxygen atoms in total. The second kappa shape index (κ2) is 2.98. The van der Waals surface area contributed by atoms with E-state index in [2.05, 4.69) is 19.1 Å². The zero-order chi connectivity index (χ0) is 8.48. The highest BCUT2D eigenvalue weighted by atomic mass is 16.3. The molecule has 0 aromatic carbocycles. The lowest BCUT2D eigenvalue weighted by atomic mass is 9.80. The SMILES string of the molecule is C[C@H]1C=C[C@H](C(C)(C)O)CC1. The fourth-order valence-electron chi connectivity index (χ4n) is 1.55. The zero-order valence-corrected chi connectivity index (χ0v) is 7.67. The first-order valence-corrected chi connectivity index (χ1v) is 4.41. The maximum absolute atomic E-state index is 9.68. The van der Waals surface area contributed by atoms with Gasteiger partial charge in [0.25, 0.3) is 0 Å². The molecule has 0 unspecified atom stereocenters. The van der Waals surface area contributed by atoms with Crippen LogP contribution in [-0.4, -0.2) is 10.7 Å². The van der Waals surface area contributed by atoms with Crippen LogP contribution in [0.4, 0.5) is 0 Å². The maximum Gasteiger partial charge on any atom is 0.0654 e. The molecule has 0 fully saturated rings. The van der Waals surface area contributed by atoms with E-state index in [1.165, 1.54) is 6.42 Å². The van der Waals surface area contributed by atoms with E-state index in [0.717, 1.165) is 6.42 Å². The largest absolute Gasteiger partial charge is 0.390 e. The van der Waals surface area contributed by atoms with Crippen molar-refractivity contribution < 1.29 is 5.11 Å². The van der Waals surface area contributed by atoms with E-state index in [4.69, 9.17) is 0 Å². The van der Waals surface area contributed by atoms with Crippen LogP contribution in [0.15, 0.2) is 12.2 Å². The van der Waals surface area contributed by atoms with Gasteiger partial charge in [0.2, 0.25) is 0 Å². The lowest BCUT2D eigenvalue weighted by Gasteiger charge is -2.30. The van der Waals surface area contributed by atoms with Gasteiger partial charge in [-0.15, -0.1) is 0 Å². The van der Waals surface area contributed by atoms with E-state index >= 15 is 0 Å². The van der Waals surface area contributed by atoms with Gasteiger partial charge in [-0.1, -0.05) is 19.1 Å². The first-order chi connectivity index (χ1) is 5.00. The highest BCUT2D eigenvalue weighted by molar-refractivity contribution is 5.01. The van der Waals surface area contributed by atoms with E-state index < -0.39 is 5.60 Å². The van der Waals surface area contributed by atoms with Gasteiger partial charge in [0, 0.05) is 5.92 Å². The lowest BCUT2D eigenvalue weighted by molar-refractivity contribution is 0.0296. The van der Waals surface area contributed by atoms with Crippen molar-refractivity contribution in [3.8, 4) is 0 Å². The van der Waals surface area contributed by atoms with Crippen LogP contribution in [0.5, 0.6) is 0 Å². The summed E-state index contributed by atoms with van der Waals surface area (Å²) in [4.78, 5) is 0. The molecule has 64 valence electrons. The molecule has 1 heteroatoms. The van der Waals surface area contributed by atoms with E-state index in [9.17, 15) is 5.11 Å². The van der Waals surface area contributed by atoms with Crippen molar-refractivity contribution in [2.45, 2.75) is 39.2 Å². The smallest absolute Gasteiger partial charge is 0.0654 e. The number of hydrogen-bond acceptors (Lipinski definition) is 1. The van der Waals surface area contributed by atoms with E-state index in [-0.39, 0.29) is 0 Å². The maximum atomic E-state index is 9.68. The van der Waals surface area contributed by atoms with Gasteiger partial charge in [-0.05, 0) is 32.6 Å². The fraction of sp³-hybridized carbons (Fsp3) is 0.800. The van der Waals surface area contributed by atoms with Crippen molar-refractivity contribution in [1.29, 1.82) is 0 Å². The van der Waals surface area contributed by atoms with E-state index in [1.807, 2.05) is 13.8 Å². The fourth-order valence-corrected chi connectivity index (χ4v) is 1.55. The van der Waals surface area contributed by atoms with Gasteiger partial charge in [0.1, 0.15) is 0 Å². The van der Waals surface area contributed by atoms with Crippen molar-refractivity contribution in [3.05, 3.63) is 12.2 Å². The first-order valence-electron chi connectivity index (χ1n) is 4.41. The second-order valence-electron chi connectivity index (χ2n) is 4.20. The molecule has 0 saturated carbocycles. The van der Waals surface area contributed by atoms with Crippen molar-refractivity contribution in [2.24, 2.45) is 11.8 Å². The molecule has 11 heavy (non-hydrogen) atoms. The third kappa shape index (κ3) is 2.33. The van der Waals surface area contributed by atoms with Crippen molar-refractivity contribution in [3.63, 3.8) is 0 Å². The summed E-state index contributed by atoms with van der Waals surface area (Å²) in [5.74, 6) is 1.06. The van der Waals surface area contributed by atoms with Crippen LogP contribution in [0.25, 0.3) is 0 Å². The number of allylic oxidation sites excluding steroid dienone is 1. The van der Waals surface area contributed by atoms with Crippen LogP contribution in [0, 0.1) is 11.8 Å². The van der Waals surface area contributed by atoms with Gasteiger partial charge in [-0.3, -0.25) is 0 Å². The first kappa shape index (κ1) is 8.79. The molecule has 1 rings (SSSR count). The summed E-state index contributed by atoms with van der Waals surface area (Å²) in [5.41, 5.74) is -0.531. The van der Waals surface area contributed by atoms with E-state index in [0.29, 0.717) is 11.8 Å². The highest BCUT2D eigenvalue weighted by Gasteiger charge is 2.26. The molecule has 1 aliphatic carbocycles. The molecule has 1 aliphatic rings. The third-order valence-electron chi connectivity index (χ3n) is 2.51. The van der Waals surface area contributed by atoms with E-state index in [1.54, 1.807) is 0 Å². The Bertz CT molecular complexity index is 153. The Hall–Kier alpha value is -0.300. The molecule has 0 radical (unpaired) electrons. The van der Waals surface area contributed by atoms with Gasteiger partial charge >= 0.3 is 0 Å². The summed E-state index contributed by atoms with van der Waals surface area (Å²) in [6.07, 6.45) is 6.71. The Morgan fingerprint density at radius 2 is 1.91 bits per heavy atom. The predicted octanol–water partition coefficient (Wildman–Crippen LogP) is 2.36. The molecule has 0 bridgehead atoms.